The van der Waals surface area contributed by atoms with E-state index in [9.17, 15) is 9.59 Å². The number of hydrogen-bond donors (Lipinski definition) is 1. The van der Waals surface area contributed by atoms with Crippen LogP contribution in [-0.2, 0) is 20.9 Å². The van der Waals surface area contributed by atoms with Gasteiger partial charge in [-0.3, -0.25) is 4.79 Å². The van der Waals surface area contributed by atoms with Crippen LogP contribution in [0.3, 0.4) is 0 Å². The number of carbonyl (C=O) groups is 2. The van der Waals surface area contributed by atoms with Crippen molar-refractivity contribution in [3.63, 3.8) is 0 Å². The summed E-state index contributed by atoms with van der Waals surface area (Å²) >= 11 is 9.53. The van der Waals surface area contributed by atoms with Crippen molar-refractivity contribution >= 4 is 39.3 Å². The van der Waals surface area contributed by atoms with Crippen LogP contribution in [0.1, 0.15) is 43.2 Å². The third kappa shape index (κ3) is 4.48. The SMILES string of the molecule is COC(=O)C1=C(C)NC2=C(C(=O)CCC2)C1c1cc(Br)ccc1OCc1ccc(Cl)cc1. The predicted molar refractivity (Wildman–Crippen MR) is 126 cm³/mol. The van der Waals surface area contributed by atoms with E-state index in [2.05, 4.69) is 21.2 Å². The number of nitrogens with one attached hydrogen (secondary N) is 1. The lowest BCUT2D eigenvalue weighted by Gasteiger charge is -2.34. The first kappa shape index (κ1) is 22.6. The fraction of sp³-hybridized carbons (Fsp3) is 0.280. The minimum absolute atomic E-state index is 0.0429. The van der Waals surface area contributed by atoms with Crippen LogP contribution in [0.2, 0.25) is 5.02 Å². The third-order valence-corrected chi connectivity index (χ3v) is 6.52. The van der Waals surface area contributed by atoms with Crippen molar-refractivity contribution in [2.75, 3.05) is 7.11 Å². The molecule has 1 atom stereocenters. The third-order valence-electron chi connectivity index (χ3n) is 5.77. The zero-order chi connectivity index (χ0) is 22.8. The zero-order valence-corrected chi connectivity index (χ0v) is 20.2. The second-order valence-electron chi connectivity index (χ2n) is 7.85. The molecule has 5 nitrogen and oxygen atoms in total. The van der Waals surface area contributed by atoms with Crippen LogP contribution in [0.25, 0.3) is 0 Å². The van der Waals surface area contributed by atoms with E-state index >= 15 is 0 Å². The first-order chi connectivity index (χ1) is 15.4. The number of benzene rings is 2. The summed E-state index contributed by atoms with van der Waals surface area (Å²) in [4.78, 5) is 25.9. The molecule has 0 spiro atoms. The van der Waals surface area contributed by atoms with Gasteiger partial charge >= 0.3 is 5.97 Å². The van der Waals surface area contributed by atoms with Crippen LogP contribution >= 0.6 is 27.5 Å². The monoisotopic (exact) mass is 515 g/mol. The maximum Gasteiger partial charge on any atom is 0.336 e. The van der Waals surface area contributed by atoms with Gasteiger partial charge in [0.15, 0.2) is 5.78 Å². The van der Waals surface area contributed by atoms with E-state index in [4.69, 9.17) is 21.1 Å². The number of Topliss-reactive ketones (excluding diaryl/α,β-unsaturated/α-hetero) is 1. The number of methoxy groups -OCH3 is 1. The Morgan fingerprint density at radius 3 is 2.66 bits per heavy atom. The molecule has 2 aromatic rings. The second kappa shape index (κ2) is 9.51. The molecule has 0 fully saturated rings. The van der Waals surface area contributed by atoms with E-state index in [-0.39, 0.29) is 5.78 Å². The molecular weight excluding hydrogens is 494 g/mol. The first-order valence-electron chi connectivity index (χ1n) is 10.4. The van der Waals surface area contributed by atoms with Crippen LogP contribution in [0.4, 0.5) is 0 Å². The molecule has 32 heavy (non-hydrogen) atoms. The van der Waals surface area contributed by atoms with Gasteiger partial charge in [-0.2, -0.15) is 0 Å². The number of dihydropyridines is 1. The fourth-order valence-corrected chi connectivity index (χ4v) is 4.80. The van der Waals surface area contributed by atoms with E-state index in [0.717, 1.165) is 34.1 Å². The number of ether oxygens (including phenoxy) is 2. The summed E-state index contributed by atoms with van der Waals surface area (Å²) in [7, 11) is 1.35. The molecule has 1 unspecified atom stereocenters. The predicted octanol–water partition coefficient (Wildman–Crippen LogP) is 5.82. The summed E-state index contributed by atoms with van der Waals surface area (Å²) in [6.45, 7) is 2.17. The van der Waals surface area contributed by atoms with Crippen molar-refractivity contribution in [3.05, 3.63) is 85.6 Å². The molecule has 4 rings (SSSR count). The van der Waals surface area contributed by atoms with Gasteiger partial charge in [0.2, 0.25) is 0 Å². The molecule has 0 saturated heterocycles. The molecule has 0 radical (unpaired) electrons. The summed E-state index contributed by atoms with van der Waals surface area (Å²) in [6, 6.07) is 13.1. The minimum Gasteiger partial charge on any atom is -0.489 e. The molecule has 0 aromatic heterocycles. The molecule has 1 aliphatic heterocycles. The van der Waals surface area contributed by atoms with Gasteiger partial charge in [-0.25, -0.2) is 4.79 Å². The molecule has 1 aliphatic carbocycles. The topological polar surface area (TPSA) is 64.6 Å². The lowest BCUT2D eigenvalue weighted by Crippen LogP contribution is -2.34. The molecule has 2 aliphatic rings. The molecule has 0 bridgehead atoms. The van der Waals surface area contributed by atoms with E-state index in [1.165, 1.54) is 7.11 Å². The Balaban J connectivity index is 1.80. The van der Waals surface area contributed by atoms with Gasteiger partial charge < -0.3 is 14.8 Å². The molecule has 7 heteroatoms. The van der Waals surface area contributed by atoms with E-state index < -0.39 is 11.9 Å². The van der Waals surface area contributed by atoms with Crippen molar-refractivity contribution < 1.29 is 19.1 Å². The molecule has 166 valence electrons. The quantitative estimate of drug-likeness (QED) is 0.507. The minimum atomic E-state index is -0.566. The largest absolute Gasteiger partial charge is 0.489 e. The van der Waals surface area contributed by atoms with Crippen LogP contribution in [0, 0.1) is 0 Å². The average Bonchev–Trinajstić information content (AvgIpc) is 2.78. The molecule has 1 N–H and O–H groups in total. The number of ketones is 1. The molecule has 2 aromatic carbocycles. The Bertz CT molecular complexity index is 1140. The van der Waals surface area contributed by atoms with Gasteiger partial charge in [0.1, 0.15) is 12.4 Å². The van der Waals surface area contributed by atoms with Crippen molar-refractivity contribution in [3.8, 4) is 5.75 Å². The normalized spacial score (nSPS) is 18.2. The zero-order valence-electron chi connectivity index (χ0n) is 17.8. The summed E-state index contributed by atoms with van der Waals surface area (Å²) < 4.78 is 12.1. The smallest absolute Gasteiger partial charge is 0.336 e. The van der Waals surface area contributed by atoms with E-state index in [1.54, 1.807) is 0 Å². The van der Waals surface area contributed by atoms with Crippen molar-refractivity contribution in [1.82, 2.24) is 5.32 Å². The van der Waals surface area contributed by atoms with Crippen LogP contribution in [0.5, 0.6) is 5.75 Å². The van der Waals surface area contributed by atoms with Crippen molar-refractivity contribution in [2.24, 2.45) is 0 Å². The Hall–Kier alpha value is -2.57. The highest BCUT2D eigenvalue weighted by Gasteiger charge is 2.40. The lowest BCUT2D eigenvalue weighted by atomic mass is 9.75. The summed E-state index contributed by atoms with van der Waals surface area (Å²) in [5.74, 6) is -0.381. The highest BCUT2D eigenvalue weighted by Crippen LogP contribution is 2.46. The maximum absolute atomic E-state index is 13.0. The Labute approximate surface area is 200 Å². The van der Waals surface area contributed by atoms with E-state index in [1.807, 2.05) is 49.4 Å². The van der Waals surface area contributed by atoms with Gasteiger partial charge in [-0.1, -0.05) is 39.7 Å². The lowest BCUT2D eigenvalue weighted by molar-refractivity contribution is -0.136. The number of esters is 1. The Morgan fingerprint density at radius 2 is 1.94 bits per heavy atom. The summed E-state index contributed by atoms with van der Waals surface area (Å²) in [5, 5.41) is 3.94. The van der Waals surface area contributed by atoms with Gasteiger partial charge in [0, 0.05) is 38.4 Å². The van der Waals surface area contributed by atoms with Gasteiger partial charge in [-0.15, -0.1) is 0 Å². The number of halogens is 2. The van der Waals surface area contributed by atoms with Crippen LogP contribution in [0.15, 0.2) is 69.5 Å². The standard InChI is InChI=1S/C25H23BrClNO4/c1-14-22(25(30)31-2)23(24-19(28-14)4-3-5-20(24)29)18-12-16(26)8-11-21(18)32-13-15-6-9-17(27)10-7-15/h6-12,23,28H,3-5,13H2,1-2H3. The van der Waals surface area contributed by atoms with Crippen LogP contribution < -0.4 is 10.1 Å². The van der Waals surface area contributed by atoms with Gasteiger partial charge in [0.05, 0.1) is 18.6 Å². The van der Waals surface area contributed by atoms with Crippen molar-refractivity contribution in [2.45, 2.75) is 38.7 Å². The van der Waals surface area contributed by atoms with Gasteiger partial charge in [-0.05, 0) is 55.7 Å². The second-order valence-corrected chi connectivity index (χ2v) is 9.21. The summed E-state index contributed by atoms with van der Waals surface area (Å²) in [6.07, 6.45) is 2.01. The molecular formula is C25H23BrClNO4. The van der Waals surface area contributed by atoms with Crippen LogP contribution in [-0.4, -0.2) is 18.9 Å². The highest BCUT2D eigenvalue weighted by atomic mass is 79.9. The number of rotatable bonds is 5. The highest BCUT2D eigenvalue weighted by molar-refractivity contribution is 9.10. The number of allylic oxidation sites excluding steroid dienone is 3. The summed E-state index contributed by atoms with van der Waals surface area (Å²) in [5.41, 5.74) is 4.33. The molecule has 0 amide bonds. The van der Waals surface area contributed by atoms with E-state index in [0.29, 0.717) is 40.6 Å². The maximum atomic E-state index is 13.0. The fourth-order valence-electron chi connectivity index (χ4n) is 4.29. The molecule has 0 saturated carbocycles. The van der Waals surface area contributed by atoms with Gasteiger partial charge in [0.25, 0.3) is 0 Å². The molecule has 1 heterocycles. The number of carbonyl (C=O) groups excluding carboxylic acids is 2. The average molecular weight is 517 g/mol. The number of hydrogen-bond acceptors (Lipinski definition) is 5. The Morgan fingerprint density at radius 1 is 1.19 bits per heavy atom. The Kier molecular flexibility index (Phi) is 6.72. The first-order valence-corrected chi connectivity index (χ1v) is 11.5. The van der Waals surface area contributed by atoms with Crippen molar-refractivity contribution in [1.29, 1.82) is 0 Å².